The second-order valence-corrected chi connectivity index (χ2v) is 5.58. The first kappa shape index (κ1) is 9.05. The van der Waals surface area contributed by atoms with E-state index in [1.165, 1.54) is 36.3 Å². The van der Waals surface area contributed by atoms with E-state index in [0.29, 0.717) is 6.04 Å². The number of H-pyrrole nitrogens is 1. The van der Waals surface area contributed by atoms with Crippen LogP contribution >= 0.6 is 0 Å². The lowest BCUT2D eigenvalue weighted by Crippen LogP contribution is -2.27. The van der Waals surface area contributed by atoms with Gasteiger partial charge in [-0.25, -0.2) is 0 Å². The van der Waals surface area contributed by atoms with Gasteiger partial charge in [-0.05, 0) is 31.6 Å². The Morgan fingerprint density at radius 3 is 2.94 bits per heavy atom. The van der Waals surface area contributed by atoms with Gasteiger partial charge in [0.05, 0.1) is 0 Å². The van der Waals surface area contributed by atoms with Crippen LogP contribution in [0.15, 0.2) is 0 Å². The summed E-state index contributed by atoms with van der Waals surface area (Å²) < 4.78 is 0. The zero-order valence-electron chi connectivity index (χ0n) is 9.45. The van der Waals surface area contributed by atoms with Crippen molar-refractivity contribution < 1.29 is 0 Å². The Morgan fingerprint density at radius 1 is 1.25 bits per heavy atom. The van der Waals surface area contributed by atoms with E-state index in [2.05, 4.69) is 15.1 Å². The van der Waals surface area contributed by atoms with Gasteiger partial charge in [-0.2, -0.15) is 5.10 Å². The van der Waals surface area contributed by atoms with Gasteiger partial charge < -0.3 is 10.6 Å². The summed E-state index contributed by atoms with van der Waals surface area (Å²) in [4.78, 5) is 2.38. The Balaban J connectivity index is 1.73. The van der Waals surface area contributed by atoms with Gasteiger partial charge in [0.1, 0.15) is 0 Å². The average Bonchev–Trinajstić information content (AvgIpc) is 2.97. The average molecular weight is 218 g/mol. The second kappa shape index (κ2) is 3.00. The molecular weight excluding hydrogens is 200 g/mol. The van der Waals surface area contributed by atoms with Crippen molar-refractivity contribution in [1.29, 1.82) is 0 Å². The molecule has 2 fully saturated rings. The van der Waals surface area contributed by atoms with Crippen molar-refractivity contribution in [2.75, 3.05) is 18.0 Å². The molecule has 3 N–H and O–H groups in total. The van der Waals surface area contributed by atoms with Crippen molar-refractivity contribution in [1.82, 2.24) is 10.2 Å². The largest absolute Gasteiger partial charge is 0.353 e. The molecule has 2 aliphatic carbocycles. The molecule has 2 bridgehead atoms. The lowest BCUT2D eigenvalue weighted by Gasteiger charge is -2.19. The maximum absolute atomic E-state index is 5.97. The minimum absolute atomic E-state index is 0.339. The van der Waals surface area contributed by atoms with E-state index in [1.807, 2.05) is 0 Å². The number of nitrogens with one attached hydrogen (secondary N) is 1. The van der Waals surface area contributed by atoms with Gasteiger partial charge in [-0.15, -0.1) is 0 Å². The van der Waals surface area contributed by atoms with E-state index in [9.17, 15) is 0 Å². The first-order chi connectivity index (χ1) is 7.83. The highest BCUT2D eigenvalue weighted by Crippen LogP contribution is 2.55. The summed E-state index contributed by atoms with van der Waals surface area (Å²) in [5, 5.41) is 7.82. The SMILES string of the molecule is NC1CCN(c2n[nH]c3c2C2CCC3C2)C1. The number of hydrogen-bond acceptors (Lipinski definition) is 3. The minimum atomic E-state index is 0.339. The molecule has 16 heavy (non-hydrogen) atoms. The van der Waals surface area contributed by atoms with Crippen LogP contribution in [0.3, 0.4) is 0 Å². The predicted octanol–water partition coefficient (Wildman–Crippen LogP) is 1.31. The molecule has 4 heteroatoms. The van der Waals surface area contributed by atoms with Crippen molar-refractivity contribution in [3.05, 3.63) is 11.3 Å². The van der Waals surface area contributed by atoms with Gasteiger partial charge in [0.2, 0.25) is 0 Å². The third-order valence-electron chi connectivity index (χ3n) is 4.59. The van der Waals surface area contributed by atoms with Crippen LogP contribution in [0.2, 0.25) is 0 Å². The number of hydrogen-bond donors (Lipinski definition) is 2. The highest BCUT2D eigenvalue weighted by molar-refractivity contribution is 5.56. The van der Waals surface area contributed by atoms with Crippen molar-refractivity contribution in [2.45, 2.75) is 43.6 Å². The number of rotatable bonds is 1. The van der Waals surface area contributed by atoms with E-state index in [4.69, 9.17) is 5.73 Å². The summed E-state index contributed by atoms with van der Waals surface area (Å²) in [5.74, 6) is 2.78. The van der Waals surface area contributed by atoms with Crippen LogP contribution in [-0.4, -0.2) is 29.3 Å². The molecule has 1 aromatic rings. The molecule has 1 saturated carbocycles. The van der Waals surface area contributed by atoms with Crippen LogP contribution in [0, 0.1) is 0 Å². The standard InChI is InChI=1S/C12H18N4/c13-9-3-4-16(6-9)12-10-7-1-2-8(5-7)11(10)14-15-12/h7-9H,1-6,13H2,(H,14,15). The third kappa shape index (κ3) is 1.05. The fraction of sp³-hybridized carbons (Fsp3) is 0.750. The highest BCUT2D eigenvalue weighted by Gasteiger charge is 2.42. The van der Waals surface area contributed by atoms with Gasteiger partial charge in [-0.1, -0.05) is 0 Å². The van der Waals surface area contributed by atoms with Crippen molar-refractivity contribution in [2.24, 2.45) is 5.73 Å². The summed E-state index contributed by atoms with van der Waals surface area (Å²) in [6.07, 6.45) is 5.19. The molecule has 4 nitrogen and oxygen atoms in total. The lowest BCUT2D eigenvalue weighted by molar-refractivity contribution is 0.700. The Kier molecular flexibility index (Phi) is 1.70. The summed E-state index contributed by atoms with van der Waals surface area (Å²) in [7, 11) is 0. The van der Waals surface area contributed by atoms with Gasteiger partial charge in [0.15, 0.2) is 5.82 Å². The van der Waals surface area contributed by atoms with Crippen LogP contribution in [0.5, 0.6) is 0 Å². The summed E-state index contributed by atoms with van der Waals surface area (Å²) >= 11 is 0. The molecule has 2 heterocycles. The number of aromatic amines is 1. The number of anilines is 1. The van der Waals surface area contributed by atoms with E-state index in [1.54, 1.807) is 0 Å². The minimum Gasteiger partial charge on any atom is -0.353 e. The van der Waals surface area contributed by atoms with E-state index >= 15 is 0 Å². The zero-order chi connectivity index (χ0) is 10.7. The van der Waals surface area contributed by atoms with E-state index in [0.717, 1.165) is 31.3 Å². The van der Waals surface area contributed by atoms with Gasteiger partial charge in [0, 0.05) is 36.3 Å². The molecule has 0 radical (unpaired) electrons. The first-order valence-corrected chi connectivity index (χ1v) is 6.41. The molecule has 0 aromatic carbocycles. The molecular formula is C12H18N4. The van der Waals surface area contributed by atoms with Crippen LogP contribution in [-0.2, 0) is 0 Å². The zero-order valence-corrected chi connectivity index (χ0v) is 9.45. The molecule has 0 amide bonds. The third-order valence-corrected chi connectivity index (χ3v) is 4.59. The van der Waals surface area contributed by atoms with Crippen LogP contribution < -0.4 is 10.6 Å². The molecule has 3 aliphatic rings. The molecule has 86 valence electrons. The fourth-order valence-corrected chi connectivity index (χ4v) is 3.79. The Morgan fingerprint density at radius 2 is 2.12 bits per heavy atom. The summed E-state index contributed by atoms with van der Waals surface area (Å²) in [6, 6.07) is 0.339. The molecule has 4 rings (SSSR count). The molecule has 0 spiro atoms. The summed E-state index contributed by atoms with van der Waals surface area (Å²) in [6.45, 7) is 2.06. The number of nitrogens with zero attached hydrogens (tertiary/aromatic N) is 2. The first-order valence-electron chi connectivity index (χ1n) is 6.41. The monoisotopic (exact) mass is 218 g/mol. The Hall–Kier alpha value is -1.03. The van der Waals surface area contributed by atoms with Gasteiger partial charge in [0.25, 0.3) is 0 Å². The van der Waals surface area contributed by atoms with Crippen LogP contribution in [0.4, 0.5) is 5.82 Å². The Bertz CT molecular complexity index is 425. The van der Waals surface area contributed by atoms with Crippen molar-refractivity contribution in [3.63, 3.8) is 0 Å². The Labute approximate surface area is 95.2 Å². The summed E-state index contributed by atoms with van der Waals surface area (Å²) in [5.41, 5.74) is 8.94. The van der Waals surface area contributed by atoms with Crippen LogP contribution in [0.25, 0.3) is 0 Å². The smallest absolute Gasteiger partial charge is 0.154 e. The molecule has 3 unspecified atom stereocenters. The predicted molar refractivity (Wildman–Crippen MR) is 62.7 cm³/mol. The number of nitrogens with two attached hydrogens (primary N) is 1. The van der Waals surface area contributed by atoms with E-state index < -0.39 is 0 Å². The molecule has 1 aliphatic heterocycles. The quantitative estimate of drug-likeness (QED) is 0.747. The maximum Gasteiger partial charge on any atom is 0.154 e. The number of aromatic nitrogens is 2. The molecule has 1 saturated heterocycles. The molecule has 1 aromatic heterocycles. The maximum atomic E-state index is 5.97. The van der Waals surface area contributed by atoms with Crippen molar-refractivity contribution in [3.8, 4) is 0 Å². The topological polar surface area (TPSA) is 57.9 Å². The highest BCUT2D eigenvalue weighted by atomic mass is 15.3. The fourth-order valence-electron chi connectivity index (χ4n) is 3.79. The second-order valence-electron chi connectivity index (χ2n) is 5.58. The van der Waals surface area contributed by atoms with Crippen molar-refractivity contribution >= 4 is 5.82 Å². The van der Waals surface area contributed by atoms with Gasteiger partial charge in [-0.3, -0.25) is 5.10 Å². The van der Waals surface area contributed by atoms with Gasteiger partial charge >= 0.3 is 0 Å². The normalized spacial score (nSPS) is 36.1. The lowest BCUT2D eigenvalue weighted by atomic mass is 9.97. The van der Waals surface area contributed by atoms with E-state index in [-0.39, 0.29) is 0 Å². The van der Waals surface area contributed by atoms with Crippen LogP contribution in [0.1, 0.15) is 48.8 Å². The number of fused-ring (bicyclic) bond motifs is 5. The molecule has 3 atom stereocenters.